The molecule has 21 heavy (non-hydrogen) atoms. The van der Waals surface area contributed by atoms with Crippen molar-refractivity contribution >= 4 is 17.9 Å². The van der Waals surface area contributed by atoms with Gasteiger partial charge in [0, 0.05) is 25.4 Å². The van der Waals surface area contributed by atoms with Gasteiger partial charge in [0.05, 0.1) is 0 Å². The summed E-state index contributed by atoms with van der Waals surface area (Å²) < 4.78 is 0. The van der Waals surface area contributed by atoms with Crippen molar-refractivity contribution in [3.05, 3.63) is 0 Å². The van der Waals surface area contributed by atoms with Crippen molar-refractivity contribution in [3.63, 3.8) is 0 Å². The Bertz CT molecular complexity index is 345. The Hall–Kier alpha value is -1.59. The smallest absolute Gasteiger partial charge is 0.324 e. The van der Waals surface area contributed by atoms with E-state index in [9.17, 15) is 14.4 Å². The third-order valence-corrected chi connectivity index (χ3v) is 3.43. The van der Waals surface area contributed by atoms with Crippen LogP contribution in [0.3, 0.4) is 0 Å². The number of nitrogens with zero attached hydrogens (tertiary/aromatic N) is 1. The summed E-state index contributed by atoms with van der Waals surface area (Å²) in [6.07, 6.45) is 3.89. The van der Waals surface area contributed by atoms with Crippen LogP contribution in [0.15, 0.2) is 0 Å². The average Bonchev–Trinajstić information content (AvgIpc) is 2.43. The number of carboxylic acids is 1. The number of aliphatic carboxylic acids is 1. The zero-order chi connectivity index (χ0) is 16.3. The number of carbonyl (C=O) groups excluding carboxylic acids is 2. The van der Waals surface area contributed by atoms with Crippen LogP contribution in [-0.4, -0.2) is 40.5 Å². The lowest BCUT2D eigenvalue weighted by Crippen LogP contribution is -2.47. The fraction of sp³-hybridized carbons (Fsp3) is 0.800. The van der Waals surface area contributed by atoms with E-state index in [0.717, 1.165) is 19.3 Å². The SMILES string of the molecule is CCCCN(C(=O)NC(=O)CCCCC(=O)O)C(C)CC. The fourth-order valence-electron chi connectivity index (χ4n) is 1.89. The summed E-state index contributed by atoms with van der Waals surface area (Å²) in [7, 11) is 0. The van der Waals surface area contributed by atoms with E-state index in [4.69, 9.17) is 5.11 Å². The van der Waals surface area contributed by atoms with Crippen LogP contribution in [-0.2, 0) is 9.59 Å². The quantitative estimate of drug-likeness (QED) is 0.607. The van der Waals surface area contributed by atoms with E-state index in [0.29, 0.717) is 19.4 Å². The molecule has 0 saturated carbocycles. The first-order chi connectivity index (χ1) is 9.92. The second-order valence-electron chi connectivity index (χ2n) is 5.26. The molecule has 0 aromatic heterocycles. The molecule has 0 aliphatic rings. The van der Waals surface area contributed by atoms with E-state index in [1.165, 1.54) is 0 Å². The molecule has 0 aromatic rings. The van der Waals surface area contributed by atoms with Crippen molar-refractivity contribution < 1.29 is 19.5 Å². The predicted octanol–water partition coefficient (Wildman–Crippen LogP) is 2.77. The minimum absolute atomic E-state index is 0.0523. The summed E-state index contributed by atoms with van der Waals surface area (Å²) in [6.45, 7) is 6.67. The lowest BCUT2D eigenvalue weighted by molar-refractivity contribution is -0.137. The standard InChI is InChI=1S/C15H28N2O4/c1-4-6-11-17(12(3)5-2)15(21)16-13(18)9-7-8-10-14(19)20/h12H,4-11H2,1-3H3,(H,19,20)(H,16,18,21). The number of unbranched alkanes of at least 4 members (excludes halogenated alkanes) is 2. The third-order valence-electron chi connectivity index (χ3n) is 3.43. The highest BCUT2D eigenvalue weighted by molar-refractivity contribution is 5.94. The molecule has 0 aliphatic heterocycles. The largest absolute Gasteiger partial charge is 0.481 e. The molecule has 0 aliphatic carbocycles. The van der Waals surface area contributed by atoms with Gasteiger partial charge in [0.2, 0.25) is 5.91 Å². The maximum atomic E-state index is 12.1. The van der Waals surface area contributed by atoms with Gasteiger partial charge < -0.3 is 10.0 Å². The molecule has 0 bridgehead atoms. The third kappa shape index (κ3) is 9.05. The topological polar surface area (TPSA) is 86.7 Å². The summed E-state index contributed by atoms with van der Waals surface area (Å²) in [5, 5.41) is 10.9. The summed E-state index contributed by atoms with van der Waals surface area (Å²) in [4.78, 5) is 35.8. The fourth-order valence-corrected chi connectivity index (χ4v) is 1.89. The maximum absolute atomic E-state index is 12.1. The molecule has 0 fully saturated rings. The molecule has 1 unspecified atom stereocenters. The zero-order valence-electron chi connectivity index (χ0n) is 13.4. The minimum atomic E-state index is -0.867. The Kier molecular flexibility index (Phi) is 10.3. The summed E-state index contributed by atoms with van der Waals surface area (Å²) >= 11 is 0. The van der Waals surface area contributed by atoms with Crippen molar-refractivity contribution in [2.45, 2.75) is 71.8 Å². The Morgan fingerprint density at radius 3 is 2.24 bits per heavy atom. The molecule has 0 aromatic carbocycles. The van der Waals surface area contributed by atoms with Crippen LogP contribution in [0.1, 0.15) is 65.7 Å². The number of amides is 3. The number of rotatable bonds is 10. The van der Waals surface area contributed by atoms with Crippen LogP contribution in [0, 0.1) is 0 Å². The van der Waals surface area contributed by atoms with Gasteiger partial charge in [0.1, 0.15) is 0 Å². The van der Waals surface area contributed by atoms with Crippen LogP contribution in [0.2, 0.25) is 0 Å². The number of carbonyl (C=O) groups is 3. The van der Waals surface area contributed by atoms with Gasteiger partial charge in [-0.15, -0.1) is 0 Å². The molecule has 122 valence electrons. The Morgan fingerprint density at radius 2 is 1.71 bits per heavy atom. The molecule has 0 heterocycles. The average molecular weight is 300 g/mol. The summed E-state index contributed by atoms with van der Waals surface area (Å²) in [5.74, 6) is -1.20. The van der Waals surface area contributed by atoms with Crippen molar-refractivity contribution in [2.75, 3.05) is 6.54 Å². The van der Waals surface area contributed by atoms with Gasteiger partial charge in [-0.2, -0.15) is 0 Å². The molecule has 2 N–H and O–H groups in total. The lowest BCUT2D eigenvalue weighted by Gasteiger charge is -2.28. The molecule has 0 spiro atoms. The highest BCUT2D eigenvalue weighted by atomic mass is 16.4. The van der Waals surface area contributed by atoms with Crippen molar-refractivity contribution in [2.24, 2.45) is 0 Å². The van der Waals surface area contributed by atoms with Crippen LogP contribution < -0.4 is 5.32 Å². The van der Waals surface area contributed by atoms with Gasteiger partial charge in [0.25, 0.3) is 0 Å². The van der Waals surface area contributed by atoms with Gasteiger partial charge in [-0.05, 0) is 32.6 Å². The molecular weight excluding hydrogens is 272 g/mol. The van der Waals surface area contributed by atoms with Crippen LogP contribution in [0.25, 0.3) is 0 Å². The summed E-state index contributed by atoms with van der Waals surface area (Å²) in [6, 6.07) is -0.252. The lowest BCUT2D eigenvalue weighted by atomic mass is 10.2. The maximum Gasteiger partial charge on any atom is 0.324 e. The number of hydrogen-bond acceptors (Lipinski definition) is 3. The molecule has 6 nitrogen and oxygen atoms in total. The van der Waals surface area contributed by atoms with Crippen LogP contribution in [0.4, 0.5) is 4.79 Å². The number of carboxylic acid groups (broad SMARTS) is 1. The number of nitrogens with one attached hydrogen (secondary N) is 1. The van der Waals surface area contributed by atoms with E-state index in [1.807, 2.05) is 13.8 Å². The van der Waals surface area contributed by atoms with E-state index in [1.54, 1.807) is 4.90 Å². The zero-order valence-corrected chi connectivity index (χ0v) is 13.4. The molecule has 1 atom stereocenters. The number of hydrogen-bond donors (Lipinski definition) is 2. The Morgan fingerprint density at radius 1 is 1.10 bits per heavy atom. The first-order valence-electron chi connectivity index (χ1n) is 7.74. The second-order valence-corrected chi connectivity index (χ2v) is 5.26. The Labute approximate surface area is 126 Å². The first kappa shape index (κ1) is 19.4. The highest BCUT2D eigenvalue weighted by Crippen LogP contribution is 2.07. The van der Waals surface area contributed by atoms with Gasteiger partial charge in [0.15, 0.2) is 0 Å². The van der Waals surface area contributed by atoms with Crippen LogP contribution in [0.5, 0.6) is 0 Å². The molecular formula is C15H28N2O4. The highest BCUT2D eigenvalue weighted by Gasteiger charge is 2.19. The minimum Gasteiger partial charge on any atom is -0.481 e. The van der Waals surface area contributed by atoms with E-state index < -0.39 is 5.97 Å². The molecule has 0 rings (SSSR count). The Balaban J connectivity index is 4.20. The molecule has 0 radical (unpaired) electrons. The van der Waals surface area contributed by atoms with E-state index in [2.05, 4.69) is 12.2 Å². The monoisotopic (exact) mass is 300 g/mol. The molecule has 0 saturated heterocycles. The predicted molar refractivity (Wildman–Crippen MR) is 81.0 cm³/mol. The first-order valence-corrected chi connectivity index (χ1v) is 7.74. The normalized spacial score (nSPS) is 11.8. The van der Waals surface area contributed by atoms with Crippen molar-refractivity contribution in [1.82, 2.24) is 10.2 Å². The van der Waals surface area contributed by atoms with Crippen molar-refractivity contribution in [3.8, 4) is 0 Å². The molecule has 3 amide bonds. The van der Waals surface area contributed by atoms with Crippen LogP contribution >= 0.6 is 0 Å². The van der Waals surface area contributed by atoms with Gasteiger partial charge in [-0.25, -0.2) is 4.79 Å². The van der Waals surface area contributed by atoms with E-state index >= 15 is 0 Å². The van der Waals surface area contributed by atoms with Gasteiger partial charge in [-0.3, -0.25) is 14.9 Å². The van der Waals surface area contributed by atoms with Gasteiger partial charge in [-0.1, -0.05) is 20.3 Å². The number of urea groups is 1. The summed E-state index contributed by atoms with van der Waals surface area (Å²) in [5.41, 5.74) is 0. The van der Waals surface area contributed by atoms with Gasteiger partial charge >= 0.3 is 12.0 Å². The van der Waals surface area contributed by atoms with E-state index in [-0.39, 0.29) is 30.8 Å². The number of imide groups is 1. The van der Waals surface area contributed by atoms with Crippen molar-refractivity contribution in [1.29, 1.82) is 0 Å². The second kappa shape index (κ2) is 11.1. The molecule has 6 heteroatoms.